The first-order valence-corrected chi connectivity index (χ1v) is 16.7. The topological polar surface area (TPSA) is 84.4 Å². The summed E-state index contributed by atoms with van der Waals surface area (Å²) in [4.78, 5) is 12.0. The lowest BCUT2D eigenvalue weighted by Crippen LogP contribution is -2.39. The highest BCUT2D eigenvalue weighted by Gasteiger charge is 2.38. The normalized spacial score (nSPS) is 21.6. The van der Waals surface area contributed by atoms with E-state index < -0.39 is 10.0 Å². The number of fused-ring (bicyclic) bond motifs is 7. The number of anilines is 1. The molecule has 8 heteroatoms. The zero-order valence-electron chi connectivity index (χ0n) is 25.3. The molecule has 1 saturated heterocycles. The summed E-state index contributed by atoms with van der Waals surface area (Å²) in [6.07, 6.45) is 1.70. The van der Waals surface area contributed by atoms with E-state index in [1.54, 1.807) is 6.07 Å². The Hall–Kier alpha value is -3.75. The molecular formula is C35H40N4O3S. The van der Waals surface area contributed by atoms with Gasteiger partial charge in [0.25, 0.3) is 10.0 Å². The van der Waals surface area contributed by atoms with Crippen molar-refractivity contribution < 1.29 is 13.2 Å². The highest BCUT2D eigenvalue weighted by atomic mass is 32.2. The number of hydrogen-bond donors (Lipinski definition) is 1. The van der Waals surface area contributed by atoms with Crippen LogP contribution in [0.2, 0.25) is 0 Å². The Balaban J connectivity index is 1.52. The molecule has 3 aromatic carbocycles. The van der Waals surface area contributed by atoms with Gasteiger partial charge in [0.05, 0.1) is 10.6 Å². The molecule has 1 N–H and O–H groups in total. The third-order valence-electron chi connectivity index (χ3n) is 8.72. The SMILES string of the molecule is Cc1cccc(C)c1-c1cc2nc(n1)NS(=O)(=O)c1cccc(c1)C1CCN(Cc3ccccc3)CC(O2)C1CC(C)C. The number of nitrogens with one attached hydrogen (secondary N) is 1. The molecule has 0 saturated carbocycles. The summed E-state index contributed by atoms with van der Waals surface area (Å²) in [5, 5.41) is 0. The van der Waals surface area contributed by atoms with Gasteiger partial charge < -0.3 is 4.74 Å². The lowest BCUT2D eigenvalue weighted by Gasteiger charge is -2.34. The summed E-state index contributed by atoms with van der Waals surface area (Å²) in [5.74, 6) is 1.11. The highest BCUT2D eigenvalue weighted by molar-refractivity contribution is 7.92. The van der Waals surface area contributed by atoms with Crippen LogP contribution >= 0.6 is 0 Å². The second-order valence-corrected chi connectivity index (χ2v) is 14.1. The van der Waals surface area contributed by atoms with Crippen molar-refractivity contribution in [3.63, 3.8) is 0 Å². The van der Waals surface area contributed by atoms with Gasteiger partial charge in [-0.15, -0.1) is 0 Å². The molecule has 0 amide bonds. The lowest BCUT2D eigenvalue weighted by molar-refractivity contribution is 0.0782. The predicted octanol–water partition coefficient (Wildman–Crippen LogP) is 6.97. The van der Waals surface area contributed by atoms with E-state index in [1.165, 1.54) is 5.56 Å². The maximum absolute atomic E-state index is 13.7. The van der Waals surface area contributed by atoms with Crippen LogP contribution in [-0.2, 0) is 16.6 Å². The average Bonchev–Trinajstić information content (AvgIpc) is 3.11. The van der Waals surface area contributed by atoms with Crippen LogP contribution in [-0.4, -0.2) is 42.5 Å². The smallest absolute Gasteiger partial charge is 0.264 e. The summed E-state index contributed by atoms with van der Waals surface area (Å²) in [6.45, 7) is 11.0. The van der Waals surface area contributed by atoms with Crippen LogP contribution in [0.4, 0.5) is 5.95 Å². The maximum Gasteiger partial charge on any atom is 0.264 e. The van der Waals surface area contributed by atoms with Gasteiger partial charge in [0, 0.05) is 30.6 Å². The molecule has 4 aromatic rings. The van der Waals surface area contributed by atoms with E-state index >= 15 is 0 Å². The molecule has 0 radical (unpaired) electrons. The van der Waals surface area contributed by atoms with Gasteiger partial charge in [0.15, 0.2) is 0 Å². The van der Waals surface area contributed by atoms with Crippen LogP contribution in [0.3, 0.4) is 0 Å². The number of benzene rings is 3. The number of ether oxygens (including phenoxy) is 1. The fourth-order valence-corrected chi connectivity index (χ4v) is 7.78. The Morgan fingerprint density at radius 2 is 1.70 bits per heavy atom. The van der Waals surface area contributed by atoms with Crippen molar-refractivity contribution in [2.75, 3.05) is 17.8 Å². The van der Waals surface area contributed by atoms with E-state index in [9.17, 15) is 8.42 Å². The van der Waals surface area contributed by atoms with Crippen LogP contribution in [0.25, 0.3) is 11.3 Å². The predicted molar refractivity (Wildman–Crippen MR) is 171 cm³/mol. The number of hydrogen-bond acceptors (Lipinski definition) is 6. The molecule has 0 aliphatic carbocycles. The van der Waals surface area contributed by atoms with Crippen molar-refractivity contribution in [1.29, 1.82) is 0 Å². The Kier molecular flexibility index (Phi) is 8.25. The molecule has 6 rings (SSSR count). The minimum Gasteiger partial charge on any atom is -0.473 e. The number of nitrogens with zero attached hydrogens (tertiary/aromatic N) is 3. The van der Waals surface area contributed by atoms with Gasteiger partial charge in [-0.25, -0.2) is 18.1 Å². The Morgan fingerprint density at radius 1 is 0.953 bits per heavy atom. The van der Waals surface area contributed by atoms with Crippen LogP contribution in [0.15, 0.2) is 83.8 Å². The summed E-state index contributed by atoms with van der Waals surface area (Å²) in [5.41, 5.74) is 5.98. The fraction of sp³-hybridized carbons (Fsp3) is 0.371. The quantitative estimate of drug-likeness (QED) is 0.268. The second kappa shape index (κ2) is 12.1. The van der Waals surface area contributed by atoms with E-state index in [0.717, 1.165) is 54.7 Å². The van der Waals surface area contributed by atoms with Crippen LogP contribution in [0.1, 0.15) is 54.9 Å². The Bertz CT molecular complexity index is 1690. The van der Waals surface area contributed by atoms with Crippen molar-refractivity contribution in [1.82, 2.24) is 14.9 Å². The largest absolute Gasteiger partial charge is 0.473 e. The van der Waals surface area contributed by atoms with Crippen molar-refractivity contribution >= 4 is 16.0 Å². The zero-order valence-corrected chi connectivity index (χ0v) is 26.1. The van der Waals surface area contributed by atoms with Crippen molar-refractivity contribution in [3.05, 3.63) is 101 Å². The van der Waals surface area contributed by atoms with Gasteiger partial charge >= 0.3 is 0 Å². The number of sulfonamides is 1. The maximum atomic E-state index is 13.7. The van der Waals surface area contributed by atoms with E-state index in [4.69, 9.17) is 9.72 Å². The van der Waals surface area contributed by atoms with Crippen molar-refractivity contribution in [2.45, 2.75) is 64.0 Å². The van der Waals surface area contributed by atoms with Crippen molar-refractivity contribution in [2.24, 2.45) is 11.8 Å². The van der Waals surface area contributed by atoms with Crippen LogP contribution in [0.5, 0.6) is 5.88 Å². The third-order valence-corrected chi connectivity index (χ3v) is 10.0. The minimum atomic E-state index is -3.94. The molecule has 224 valence electrons. The van der Waals surface area contributed by atoms with E-state index in [0.29, 0.717) is 17.5 Å². The van der Waals surface area contributed by atoms with Gasteiger partial charge in [-0.3, -0.25) is 4.90 Å². The molecular weight excluding hydrogens is 556 g/mol. The first-order valence-electron chi connectivity index (χ1n) is 15.2. The molecule has 7 nitrogen and oxygen atoms in total. The summed E-state index contributed by atoms with van der Waals surface area (Å²) >= 11 is 0. The number of likely N-dealkylation sites (tertiary alicyclic amines) is 1. The number of rotatable bonds is 5. The molecule has 3 unspecified atom stereocenters. The van der Waals surface area contributed by atoms with Gasteiger partial charge in [0.2, 0.25) is 11.8 Å². The van der Waals surface area contributed by atoms with Crippen LogP contribution in [0, 0.1) is 25.7 Å². The molecule has 1 aromatic heterocycles. The standard InChI is InChI=1S/C35H40N4O3S/c1-23(2)18-30-29-16-17-39(21-26-12-6-5-7-13-26)22-32(30)42-33-20-31(34-24(3)10-8-11-25(34)4)36-35(37-33)38-43(40,41)28-15-9-14-27(29)19-28/h5-15,19-20,23,29-30,32H,16-18,21-22H2,1-4H3,(H,36,37,38). The molecule has 0 spiro atoms. The second-order valence-electron chi connectivity index (χ2n) is 12.4. The molecule has 1 fully saturated rings. The summed E-state index contributed by atoms with van der Waals surface area (Å²) < 4.78 is 36.9. The van der Waals surface area contributed by atoms with E-state index in [1.807, 2.05) is 56.3 Å². The average molecular weight is 597 g/mol. The number of aromatic nitrogens is 2. The lowest BCUT2D eigenvalue weighted by atomic mass is 9.77. The van der Waals surface area contributed by atoms with Gasteiger partial charge in [-0.05, 0) is 79.5 Å². The van der Waals surface area contributed by atoms with Crippen LogP contribution < -0.4 is 9.46 Å². The Labute approximate surface area is 255 Å². The molecule has 6 bridgehead atoms. The fourth-order valence-electron chi connectivity index (χ4n) is 6.78. The van der Waals surface area contributed by atoms with E-state index in [-0.39, 0.29) is 28.8 Å². The van der Waals surface area contributed by atoms with Crippen molar-refractivity contribution in [3.8, 4) is 17.1 Å². The minimum absolute atomic E-state index is 0.00727. The molecule has 3 heterocycles. The summed E-state index contributed by atoms with van der Waals surface area (Å²) in [7, 11) is -3.94. The van der Waals surface area contributed by atoms with E-state index in [2.05, 4.69) is 58.8 Å². The highest BCUT2D eigenvalue weighted by Crippen LogP contribution is 2.41. The molecule has 2 aliphatic rings. The molecule has 3 atom stereocenters. The van der Waals surface area contributed by atoms with Gasteiger partial charge in [-0.2, -0.15) is 4.98 Å². The summed E-state index contributed by atoms with van der Waals surface area (Å²) in [6, 6.07) is 25.9. The number of aryl methyl sites for hydroxylation is 2. The molecule has 2 aliphatic heterocycles. The Morgan fingerprint density at radius 3 is 2.44 bits per heavy atom. The third kappa shape index (κ3) is 6.45. The van der Waals surface area contributed by atoms with Gasteiger partial charge in [-0.1, -0.05) is 74.5 Å². The zero-order chi connectivity index (χ0) is 30.1. The first kappa shape index (κ1) is 29.3. The first-order chi connectivity index (χ1) is 20.7. The van der Waals surface area contributed by atoms with Gasteiger partial charge in [0.1, 0.15) is 6.10 Å². The molecule has 43 heavy (non-hydrogen) atoms. The monoisotopic (exact) mass is 596 g/mol.